The molecular formula is C18H19BrN2O4. The van der Waals surface area contributed by atoms with Gasteiger partial charge in [-0.15, -0.1) is 0 Å². The maximum atomic E-state index is 11.9. The number of nitrogens with one attached hydrogen (secondary N) is 1. The molecule has 0 bridgehead atoms. The molecule has 1 aliphatic heterocycles. The van der Waals surface area contributed by atoms with Gasteiger partial charge in [-0.05, 0) is 71.6 Å². The molecule has 2 heterocycles. The van der Waals surface area contributed by atoms with Gasteiger partial charge in [-0.1, -0.05) is 0 Å². The highest BCUT2D eigenvalue weighted by Crippen LogP contribution is 2.21. The number of amides is 1. The van der Waals surface area contributed by atoms with Crippen molar-refractivity contribution in [2.75, 3.05) is 29.9 Å². The van der Waals surface area contributed by atoms with Crippen LogP contribution in [-0.4, -0.2) is 31.6 Å². The van der Waals surface area contributed by atoms with Crippen LogP contribution >= 0.6 is 15.9 Å². The lowest BCUT2D eigenvalue weighted by Gasteiger charge is -2.28. The Kier molecular flexibility index (Phi) is 5.75. The molecule has 6 nitrogen and oxygen atoms in total. The summed E-state index contributed by atoms with van der Waals surface area (Å²) in [6.07, 6.45) is 3.73. The quantitative estimate of drug-likeness (QED) is 0.763. The van der Waals surface area contributed by atoms with Gasteiger partial charge in [-0.2, -0.15) is 0 Å². The lowest BCUT2D eigenvalue weighted by atomic mass is 10.1. The van der Waals surface area contributed by atoms with E-state index in [0.29, 0.717) is 10.4 Å². The van der Waals surface area contributed by atoms with Gasteiger partial charge in [0, 0.05) is 24.5 Å². The Morgan fingerprint density at radius 1 is 1.08 bits per heavy atom. The molecule has 3 rings (SSSR count). The second-order valence-electron chi connectivity index (χ2n) is 5.82. The SMILES string of the molecule is O=C(COC(=O)c1ccc(Br)o1)Nc1ccc(N2CCCCC2)cc1. The molecule has 1 aromatic heterocycles. The molecule has 1 aliphatic rings. The summed E-state index contributed by atoms with van der Waals surface area (Å²) in [5.74, 6) is -1.03. The summed E-state index contributed by atoms with van der Waals surface area (Å²) >= 11 is 3.10. The summed E-state index contributed by atoms with van der Waals surface area (Å²) in [5, 5.41) is 2.71. The molecule has 0 aliphatic carbocycles. The van der Waals surface area contributed by atoms with E-state index < -0.39 is 11.9 Å². The maximum absolute atomic E-state index is 11.9. The molecule has 0 radical (unpaired) electrons. The van der Waals surface area contributed by atoms with Crippen LogP contribution in [0.1, 0.15) is 29.8 Å². The molecule has 132 valence electrons. The summed E-state index contributed by atoms with van der Waals surface area (Å²) in [6.45, 7) is 1.78. The number of halogens is 1. The number of ether oxygens (including phenoxy) is 1. The van der Waals surface area contributed by atoms with Crippen LogP contribution in [-0.2, 0) is 9.53 Å². The van der Waals surface area contributed by atoms with Crippen LogP contribution in [0.25, 0.3) is 0 Å². The molecule has 25 heavy (non-hydrogen) atoms. The summed E-state index contributed by atoms with van der Waals surface area (Å²) in [7, 11) is 0. The van der Waals surface area contributed by atoms with E-state index in [4.69, 9.17) is 9.15 Å². The second-order valence-corrected chi connectivity index (χ2v) is 6.60. The fourth-order valence-electron chi connectivity index (χ4n) is 2.73. The molecule has 2 aromatic rings. The Morgan fingerprint density at radius 2 is 1.80 bits per heavy atom. The van der Waals surface area contributed by atoms with Gasteiger partial charge in [-0.3, -0.25) is 4.79 Å². The number of hydrogen-bond donors (Lipinski definition) is 1. The maximum Gasteiger partial charge on any atom is 0.374 e. The van der Waals surface area contributed by atoms with E-state index in [-0.39, 0.29) is 12.4 Å². The first-order valence-electron chi connectivity index (χ1n) is 8.19. The molecular weight excluding hydrogens is 388 g/mol. The van der Waals surface area contributed by atoms with Crippen molar-refractivity contribution in [3.05, 3.63) is 46.8 Å². The fraction of sp³-hybridized carbons (Fsp3) is 0.333. The molecule has 1 amide bonds. The van der Waals surface area contributed by atoms with Crippen molar-refractivity contribution in [2.24, 2.45) is 0 Å². The number of benzene rings is 1. The zero-order valence-electron chi connectivity index (χ0n) is 13.7. The Balaban J connectivity index is 1.48. The zero-order valence-corrected chi connectivity index (χ0v) is 15.3. The van der Waals surface area contributed by atoms with E-state index in [0.717, 1.165) is 18.8 Å². The van der Waals surface area contributed by atoms with Gasteiger partial charge in [0.05, 0.1) is 0 Å². The van der Waals surface area contributed by atoms with Crippen LogP contribution in [0, 0.1) is 0 Å². The summed E-state index contributed by atoms with van der Waals surface area (Å²) in [6, 6.07) is 10.8. The lowest BCUT2D eigenvalue weighted by Crippen LogP contribution is -2.29. The third-order valence-corrected chi connectivity index (χ3v) is 4.41. The van der Waals surface area contributed by atoms with Crippen molar-refractivity contribution in [1.29, 1.82) is 0 Å². The molecule has 7 heteroatoms. The highest BCUT2D eigenvalue weighted by molar-refractivity contribution is 9.10. The van der Waals surface area contributed by atoms with Crippen molar-refractivity contribution in [2.45, 2.75) is 19.3 Å². The topological polar surface area (TPSA) is 71.8 Å². The zero-order chi connectivity index (χ0) is 17.6. The van der Waals surface area contributed by atoms with E-state index in [1.54, 1.807) is 6.07 Å². The predicted octanol–water partition coefficient (Wildman–Crippen LogP) is 3.83. The minimum absolute atomic E-state index is 0.0468. The molecule has 1 fully saturated rings. The number of rotatable bonds is 5. The third kappa shape index (κ3) is 4.85. The summed E-state index contributed by atoms with van der Waals surface area (Å²) in [5.41, 5.74) is 1.83. The number of carbonyl (C=O) groups excluding carboxylic acids is 2. The number of anilines is 2. The van der Waals surface area contributed by atoms with Crippen molar-refractivity contribution < 1.29 is 18.7 Å². The van der Waals surface area contributed by atoms with E-state index in [1.807, 2.05) is 24.3 Å². The molecule has 0 saturated carbocycles. The average Bonchev–Trinajstić information content (AvgIpc) is 3.08. The van der Waals surface area contributed by atoms with Crippen molar-refractivity contribution in [3.63, 3.8) is 0 Å². The third-order valence-electron chi connectivity index (χ3n) is 3.98. The highest BCUT2D eigenvalue weighted by atomic mass is 79.9. The first kappa shape index (κ1) is 17.5. The van der Waals surface area contributed by atoms with Gasteiger partial charge in [-0.25, -0.2) is 4.79 Å². The van der Waals surface area contributed by atoms with Gasteiger partial charge in [0.25, 0.3) is 5.91 Å². The van der Waals surface area contributed by atoms with E-state index >= 15 is 0 Å². The van der Waals surface area contributed by atoms with Crippen LogP contribution < -0.4 is 10.2 Å². The molecule has 0 unspecified atom stereocenters. The monoisotopic (exact) mass is 406 g/mol. The Bertz CT molecular complexity index is 736. The molecule has 1 aromatic carbocycles. The largest absolute Gasteiger partial charge is 0.450 e. The number of furan rings is 1. The van der Waals surface area contributed by atoms with Crippen molar-refractivity contribution in [3.8, 4) is 0 Å². The average molecular weight is 407 g/mol. The number of carbonyl (C=O) groups is 2. The first-order chi connectivity index (χ1) is 12.1. The van der Waals surface area contributed by atoms with Gasteiger partial charge in [0.15, 0.2) is 11.3 Å². The van der Waals surface area contributed by atoms with Gasteiger partial charge in [0.1, 0.15) is 0 Å². The first-order valence-corrected chi connectivity index (χ1v) is 8.98. The lowest BCUT2D eigenvalue weighted by molar-refractivity contribution is -0.119. The highest BCUT2D eigenvalue weighted by Gasteiger charge is 2.14. The van der Waals surface area contributed by atoms with E-state index in [1.165, 1.54) is 25.3 Å². The van der Waals surface area contributed by atoms with Gasteiger partial charge < -0.3 is 19.4 Å². The second kappa shape index (κ2) is 8.20. The van der Waals surface area contributed by atoms with Gasteiger partial charge in [0.2, 0.25) is 5.76 Å². The minimum Gasteiger partial charge on any atom is -0.450 e. The Labute approximate surface area is 154 Å². The van der Waals surface area contributed by atoms with Crippen LogP contribution in [0.4, 0.5) is 11.4 Å². The number of hydrogen-bond acceptors (Lipinski definition) is 5. The molecule has 1 N–H and O–H groups in total. The van der Waals surface area contributed by atoms with Crippen LogP contribution in [0.15, 0.2) is 45.5 Å². The molecule has 1 saturated heterocycles. The predicted molar refractivity (Wildman–Crippen MR) is 97.8 cm³/mol. The molecule has 0 spiro atoms. The summed E-state index contributed by atoms with van der Waals surface area (Å²) < 4.78 is 10.4. The fourth-order valence-corrected chi connectivity index (χ4v) is 3.04. The van der Waals surface area contributed by atoms with Crippen LogP contribution in [0.3, 0.4) is 0 Å². The van der Waals surface area contributed by atoms with E-state index in [2.05, 4.69) is 26.1 Å². The normalized spacial score (nSPS) is 14.2. The minimum atomic E-state index is -0.679. The summed E-state index contributed by atoms with van der Waals surface area (Å²) in [4.78, 5) is 26.0. The Hall–Kier alpha value is -2.28. The number of piperidine rings is 1. The van der Waals surface area contributed by atoms with Gasteiger partial charge >= 0.3 is 5.97 Å². The van der Waals surface area contributed by atoms with Crippen LogP contribution in [0.5, 0.6) is 0 Å². The molecule has 0 atom stereocenters. The smallest absolute Gasteiger partial charge is 0.374 e. The van der Waals surface area contributed by atoms with Crippen molar-refractivity contribution in [1.82, 2.24) is 0 Å². The van der Waals surface area contributed by atoms with Crippen LogP contribution in [0.2, 0.25) is 0 Å². The standard InChI is InChI=1S/C18H19BrN2O4/c19-16-9-8-15(25-16)18(23)24-12-17(22)20-13-4-6-14(7-5-13)21-10-2-1-3-11-21/h4-9H,1-3,10-12H2,(H,20,22). The van der Waals surface area contributed by atoms with E-state index in [9.17, 15) is 9.59 Å². The Morgan fingerprint density at radius 3 is 2.44 bits per heavy atom. The van der Waals surface area contributed by atoms with Crippen molar-refractivity contribution >= 4 is 39.2 Å². The number of nitrogens with zero attached hydrogens (tertiary/aromatic N) is 1. The number of esters is 1.